The zero-order chi connectivity index (χ0) is 20.6. The molecule has 0 aliphatic carbocycles. The molecule has 0 atom stereocenters. The van der Waals surface area contributed by atoms with Gasteiger partial charge >= 0.3 is 0 Å². The molecule has 0 aromatic heterocycles. The summed E-state index contributed by atoms with van der Waals surface area (Å²) in [5, 5.41) is 5.46. The number of ether oxygens (including phenoxy) is 4. The number of methoxy groups -OCH3 is 2. The summed E-state index contributed by atoms with van der Waals surface area (Å²) in [5.74, 6) is 2.30. The third-order valence-corrected chi connectivity index (χ3v) is 5.63. The third-order valence-electron chi connectivity index (χ3n) is 4.66. The Morgan fingerprint density at radius 1 is 0.828 bits per heavy atom. The van der Waals surface area contributed by atoms with Gasteiger partial charge in [-0.1, -0.05) is 18.2 Å². The van der Waals surface area contributed by atoms with Crippen molar-refractivity contribution in [2.24, 2.45) is 5.14 Å². The average molecular weight is 413 g/mol. The standard InChI is InChI=1S/C21H19NO6S/c1-25-14-7-13(8-15(9-14)26-2)17-10-19-20(28-12-27-19)11-18(17)16-5-3-4-6-21(16)29(22,23)24/h3-11H,12H2,1-2H3,(H2,22,23,24). The van der Waals surface area contributed by atoms with E-state index in [0.29, 0.717) is 34.1 Å². The molecule has 1 aliphatic rings. The first-order valence-electron chi connectivity index (χ1n) is 8.70. The van der Waals surface area contributed by atoms with Crippen LogP contribution in [0.4, 0.5) is 0 Å². The number of rotatable bonds is 5. The van der Waals surface area contributed by atoms with Gasteiger partial charge in [-0.05, 0) is 47.0 Å². The highest BCUT2D eigenvalue weighted by Crippen LogP contribution is 2.45. The van der Waals surface area contributed by atoms with Gasteiger partial charge < -0.3 is 18.9 Å². The van der Waals surface area contributed by atoms with E-state index in [1.165, 1.54) is 6.07 Å². The van der Waals surface area contributed by atoms with Gasteiger partial charge in [-0.3, -0.25) is 0 Å². The highest BCUT2D eigenvalue weighted by Gasteiger charge is 2.23. The SMILES string of the molecule is COc1cc(OC)cc(-c2cc3c(cc2-c2ccccc2S(N)(=O)=O)OCO3)c1. The first-order valence-corrected chi connectivity index (χ1v) is 10.2. The fraction of sp³-hybridized carbons (Fsp3) is 0.143. The van der Waals surface area contributed by atoms with E-state index in [-0.39, 0.29) is 11.7 Å². The largest absolute Gasteiger partial charge is 0.497 e. The summed E-state index contributed by atoms with van der Waals surface area (Å²) in [5.41, 5.74) is 2.58. The molecule has 150 valence electrons. The molecule has 3 aromatic carbocycles. The third kappa shape index (κ3) is 3.59. The lowest BCUT2D eigenvalue weighted by Crippen LogP contribution is -2.13. The van der Waals surface area contributed by atoms with Crippen molar-refractivity contribution in [2.45, 2.75) is 4.90 Å². The minimum Gasteiger partial charge on any atom is -0.497 e. The van der Waals surface area contributed by atoms with Gasteiger partial charge in [0, 0.05) is 11.6 Å². The van der Waals surface area contributed by atoms with Crippen molar-refractivity contribution in [3.63, 3.8) is 0 Å². The molecule has 0 unspecified atom stereocenters. The topological polar surface area (TPSA) is 97.1 Å². The molecule has 0 amide bonds. The van der Waals surface area contributed by atoms with Crippen molar-refractivity contribution in [3.8, 4) is 45.3 Å². The summed E-state index contributed by atoms with van der Waals surface area (Å²) in [7, 11) is -0.812. The van der Waals surface area contributed by atoms with E-state index in [0.717, 1.165) is 11.1 Å². The summed E-state index contributed by atoms with van der Waals surface area (Å²) < 4.78 is 46.2. The van der Waals surface area contributed by atoms with Gasteiger partial charge in [0.25, 0.3) is 0 Å². The molecule has 0 bridgehead atoms. The van der Waals surface area contributed by atoms with E-state index in [1.807, 2.05) is 18.2 Å². The molecule has 8 heteroatoms. The second-order valence-electron chi connectivity index (χ2n) is 6.39. The zero-order valence-electron chi connectivity index (χ0n) is 15.8. The van der Waals surface area contributed by atoms with Crippen LogP contribution in [0.1, 0.15) is 0 Å². The fourth-order valence-corrected chi connectivity index (χ4v) is 4.06. The monoisotopic (exact) mass is 413 g/mol. The molecule has 0 radical (unpaired) electrons. The lowest BCUT2D eigenvalue weighted by atomic mass is 9.93. The fourth-order valence-electron chi connectivity index (χ4n) is 3.30. The van der Waals surface area contributed by atoms with Crippen LogP contribution in [0.15, 0.2) is 59.5 Å². The van der Waals surface area contributed by atoms with Crippen LogP contribution in [0.2, 0.25) is 0 Å². The lowest BCUT2D eigenvalue weighted by Gasteiger charge is -2.16. The van der Waals surface area contributed by atoms with Crippen LogP contribution in [0.3, 0.4) is 0 Å². The maximum atomic E-state index is 12.2. The number of hydrogen-bond acceptors (Lipinski definition) is 6. The molecule has 3 aromatic rings. The quantitative estimate of drug-likeness (QED) is 0.688. The van der Waals surface area contributed by atoms with Crippen molar-refractivity contribution < 1.29 is 27.4 Å². The van der Waals surface area contributed by atoms with Crippen molar-refractivity contribution in [3.05, 3.63) is 54.6 Å². The predicted octanol–water partition coefficient (Wildman–Crippen LogP) is 3.41. The van der Waals surface area contributed by atoms with E-state index < -0.39 is 10.0 Å². The number of fused-ring (bicyclic) bond motifs is 1. The Hall–Kier alpha value is -3.23. The van der Waals surface area contributed by atoms with Gasteiger partial charge in [0.05, 0.1) is 19.1 Å². The summed E-state index contributed by atoms with van der Waals surface area (Å²) in [6.45, 7) is 0.0937. The van der Waals surface area contributed by atoms with Crippen LogP contribution in [-0.4, -0.2) is 29.4 Å². The van der Waals surface area contributed by atoms with E-state index >= 15 is 0 Å². The van der Waals surface area contributed by atoms with Crippen molar-refractivity contribution in [1.29, 1.82) is 0 Å². The summed E-state index contributed by atoms with van der Waals surface area (Å²) in [6.07, 6.45) is 0. The lowest BCUT2D eigenvalue weighted by molar-refractivity contribution is 0.174. The van der Waals surface area contributed by atoms with Crippen LogP contribution in [0.5, 0.6) is 23.0 Å². The molecule has 4 rings (SSSR count). The number of primary sulfonamides is 1. The van der Waals surface area contributed by atoms with Gasteiger partial charge in [-0.25, -0.2) is 13.6 Å². The number of sulfonamides is 1. The minimum absolute atomic E-state index is 0.0231. The maximum Gasteiger partial charge on any atom is 0.238 e. The molecule has 29 heavy (non-hydrogen) atoms. The first kappa shape index (κ1) is 19.1. The predicted molar refractivity (Wildman–Crippen MR) is 108 cm³/mol. The zero-order valence-corrected chi connectivity index (χ0v) is 16.7. The molecule has 2 N–H and O–H groups in total. The molecule has 0 saturated heterocycles. The summed E-state index contributed by atoms with van der Waals surface area (Å²) >= 11 is 0. The molecule has 1 aliphatic heterocycles. The van der Waals surface area contributed by atoms with Gasteiger partial charge in [0.15, 0.2) is 11.5 Å². The maximum absolute atomic E-state index is 12.2. The summed E-state index contributed by atoms with van der Waals surface area (Å²) in [4.78, 5) is 0.0231. The summed E-state index contributed by atoms with van der Waals surface area (Å²) in [6, 6.07) is 15.6. The molecule has 0 saturated carbocycles. The molecule has 0 spiro atoms. The molecule has 1 heterocycles. The van der Waals surface area contributed by atoms with Gasteiger partial charge in [0.2, 0.25) is 16.8 Å². The van der Waals surface area contributed by atoms with Crippen LogP contribution < -0.4 is 24.1 Å². The molecular weight excluding hydrogens is 394 g/mol. The van der Waals surface area contributed by atoms with Crippen molar-refractivity contribution in [2.75, 3.05) is 21.0 Å². The van der Waals surface area contributed by atoms with Crippen LogP contribution in [0.25, 0.3) is 22.3 Å². The Bertz CT molecular complexity index is 1170. The van der Waals surface area contributed by atoms with Crippen LogP contribution >= 0.6 is 0 Å². The van der Waals surface area contributed by atoms with Gasteiger partial charge in [-0.2, -0.15) is 0 Å². The smallest absolute Gasteiger partial charge is 0.238 e. The van der Waals surface area contributed by atoms with Crippen LogP contribution in [0, 0.1) is 0 Å². The number of hydrogen-bond donors (Lipinski definition) is 1. The Kier molecular flexibility index (Phi) is 4.81. The van der Waals surface area contributed by atoms with Crippen molar-refractivity contribution in [1.82, 2.24) is 0 Å². The Labute approximate surface area is 168 Å². The first-order chi connectivity index (χ1) is 13.9. The van der Waals surface area contributed by atoms with Gasteiger partial charge in [-0.15, -0.1) is 0 Å². The highest BCUT2D eigenvalue weighted by molar-refractivity contribution is 7.89. The molecule has 7 nitrogen and oxygen atoms in total. The molecule has 0 fully saturated rings. The normalized spacial score (nSPS) is 12.7. The van der Waals surface area contributed by atoms with Crippen LogP contribution in [-0.2, 0) is 10.0 Å². The van der Waals surface area contributed by atoms with Crippen molar-refractivity contribution >= 4 is 10.0 Å². The number of benzene rings is 3. The second kappa shape index (κ2) is 7.31. The second-order valence-corrected chi connectivity index (χ2v) is 7.92. The minimum atomic E-state index is -3.94. The molecular formula is C21H19NO6S. The number of nitrogens with two attached hydrogens (primary N) is 1. The Morgan fingerprint density at radius 3 is 2.00 bits per heavy atom. The van der Waals surface area contributed by atoms with E-state index in [9.17, 15) is 8.42 Å². The van der Waals surface area contributed by atoms with Gasteiger partial charge in [0.1, 0.15) is 11.5 Å². The Morgan fingerprint density at radius 2 is 1.41 bits per heavy atom. The highest BCUT2D eigenvalue weighted by atomic mass is 32.2. The van der Waals surface area contributed by atoms with E-state index in [1.54, 1.807) is 44.6 Å². The van der Waals surface area contributed by atoms with E-state index in [2.05, 4.69) is 0 Å². The average Bonchev–Trinajstić information content (AvgIpc) is 3.19. The Balaban J connectivity index is 2.03. The van der Waals surface area contributed by atoms with E-state index in [4.69, 9.17) is 24.1 Å².